The summed E-state index contributed by atoms with van der Waals surface area (Å²) in [6.07, 6.45) is 0. The minimum absolute atomic E-state index is 0.174. The van der Waals surface area contributed by atoms with Crippen LogP contribution in [-0.2, 0) is 7.05 Å². The van der Waals surface area contributed by atoms with E-state index in [1.807, 2.05) is 31.5 Å². The molecule has 1 aromatic carbocycles. The zero-order valence-electron chi connectivity index (χ0n) is 11.5. The normalized spacial score (nSPS) is 10.6. The predicted molar refractivity (Wildman–Crippen MR) is 74.0 cm³/mol. The molecule has 1 aromatic heterocycles. The summed E-state index contributed by atoms with van der Waals surface area (Å²) in [5.41, 5.74) is 3.69. The van der Waals surface area contributed by atoms with Crippen molar-refractivity contribution in [2.45, 2.75) is 20.8 Å². The Labute approximate surface area is 112 Å². The molecule has 0 radical (unpaired) electrons. The summed E-state index contributed by atoms with van der Waals surface area (Å²) >= 11 is 0. The van der Waals surface area contributed by atoms with Crippen LogP contribution in [0.25, 0.3) is 0 Å². The first-order valence-corrected chi connectivity index (χ1v) is 6.10. The lowest BCUT2D eigenvalue weighted by atomic mass is 10.2. The Kier molecular flexibility index (Phi) is 3.42. The summed E-state index contributed by atoms with van der Waals surface area (Å²) in [5, 5.41) is 2.79. The highest BCUT2D eigenvalue weighted by molar-refractivity contribution is 6.05. The number of anilines is 1. The van der Waals surface area contributed by atoms with Gasteiger partial charge >= 0.3 is 0 Å². The molecule has 0 aliphatic rings. The maximum Gasteiger partial charge on any atom is 0.257 e. The van der Waals surface area contributed by atoms with Gasteiger partial charge in [0.2, 0.25) is 0 Å². The number of aromatic nitrogens is 1. The Hall–Kier alpha value is -2.10. The molecule has 2 aromatic rings. The van der Waals surface area contributed by atoms with Crippen molar-refractivity contribution in [3.63, 3.8) is 0 Å². The van der Waals surface area contributed by atoms with Crippen LogP contribution in [0.3, 0.4) is 0 Å². The van der Waals surface area contributed by atoms with E-state index in [0.717, 1.165) is 11.4 Å². The highest BCUT2D eigenvalue weighted by atomic mass is 19.1. The average Bonchev–Trinajstić information content (AvgIpc) is 2.62. The van der Waals surface area contributed by atoms with Gasteiger partial charge in [0.25, 0.3) is 5.91 Å². The number of aryl methyl sites for hydroxylation is 2. The lowest BCUT2D eigenvalue weighted by Gasteiger charge is -2.07. The Balaban J connectivity index is 2.25. The quantitative estimate of drug-likeness (QED) is 0.882. The van der Waals surface area contributed by atoms with E-state index in [0.29, 0.717) is 16.8 Å². The summed E-state index contributed by atoms with van der Waals surface area (Å²) in [5.74, 6) is -0.447. The molecule has 4 heteroatoms. The zero-order valence-corrected chi connectivity index (χ0v) is 11.5. The largest absolute Gasteiger partial charge is 0.351 e. The zero-order chi connectivity index (χ0) is 14.2. The fourth-order valence-electron chi connectivity index (χ4n) is 2.01. The molecule has 0 fully saturated rings. The SMILES string of the molecule is Cc1cc(NC(=O)c2cc(C)n(C)c2C)ccc1F. The molecular weight excluding hydrogens is 243 g/mol. The highest BCUT2D eigenvalue weighted by Gasteiger charge is 2.14. The molecule has 1 heterocycles. The van der Waals surface area contributed by atoms with Crippen molar-refractivity contribution in [1.82, 2.24) is 4.57 Å². The van der Waals surface area contributed by atoms with Gasteiger partial charge in [-0.1, -0.05) is 0 Å². The van der Waals surface area contributed by atoms with Crippen LogP contribution in [0.4, 0.5) is 10.1 Å². The van der Waals surface area contributed by atoms with E-state index in [2.05, 4.69) is 5.32 Å². The van der Waals surface area contributed by atoms with Crippen molar-refractivity contribution >= 4 is 11.6 Å². The van der Waals surface area contributed by atoms with Crippen LogP contribution in [0.2, 0.25) is 0 Å². The fourth-order valence-corrected chi connectivity index (χ4v) is 2.01. The minimum Gasteiger partial charge on any atom is -0.351 e. The van der Waals surface area contributed by atoms with Gasteiger partial charge in [-0.25, -0.2) is 4.39 Å². The molecule has 0 bridgehead atoms. The third kappa shape index (κ3) is 2.52. The summed E-state index contributed by atoms with van der Waals surface area (Å²) in [7, 11) is 1.92. The number of nitrogens with zero attached hydrogens (tertiary/aromatic N) is 1. The molecule has 2 rings (SSSR count). The molecule has 3 nitrogen and oxygen atoms in total. The van der Waals surface area contributed by atoms with Gasteiger partial charge in [0, 0.05) is 24.1 Å². The molecule has 100 valence electrons. The van der Waals surface area contributed by atoms with Crippen molar-refractivity contribution in [2.75, 3.05) is 5.32 Å². The van der Waals surface area contributed by atoms with Gasteiger partial charge in [0.05, 0.1) is 5.56 Å². The Bertz CT molecular complexity index is 644. The minimum atomic E-state index is -0.273. The Morgan fingerprint density at radius 3 is 2.42 bits per heavy atom. The number of halogens is 1. The van der Waals surface area contributed by atoms with Gasteiger partial charge < -0.3 is 9.88 Å². The lowest BCUT2D eigenvalue weighted by molar-refractivity contribution is 0.102. The summed E-state index contributed by atoms with van der Waals surface area (Å²) in [6, 6.07) is 6.39. The predicted octanol–water partition coefficient (Wildman–Crippen LogP) is 3.34. The third-order valence-corrected chi connectivity index (χ3v) is 3.44. The van der Waals surface area contributed by atoms with Crippen molar-refractivity contribution in [3.8, 4) is 0 Å². The maximum absolute atomic E-state index is 13.2. The first kappa shape index (κ1) is 13.3. The smallest absolute Gasteiger partial charge is 0.257 e. The van der Waals surface area contributed by atoms with Crippen molar-refractivity contribution in [1.29, 1.82) is 0 Å². The average molecular weight is 260 g/mol. The number of carbonyl (C=O) groups excluding carboxylic acids is 1. The number of carbonyl (C=O) groups is 1. The molecule has 0 saturated carbocycles. The van der Waals surface area contributed by atoms with Gasteiger partial charge in [-0.15, -0.1) is 0 Å². The van der Waals surface area contributed by atoms with E-state index >= 15 is 0 Å². The molecular formula is C15H17FN2O. The van der Waals surface area contributed by atoms with Gasteiger partial charge in [-0.3, -0.25) is 4.79 Å². The molecule has 1 amide bonds. The maximum atomic E-state index is 13.2. The molecule has 0 spiro atoms. The summed E-state index contributed by atoms with van der Waals surface area (Å²) in [6.45, 7) is 5.52. The van der Waals surface area contributed by atoms with E-state index in [1.165, 1.54) is 6.07 Å². The number of hydrogen-bond donors (Lipinski definition) is 1. The van der Waals surface area contributed by atoms with Crippen LogP contribution in [0.5, 0.6) is 0 Å². The third-order valence-electron chi connectivity index (χ3n) is 3.44. The number of hydrogen-bond acceptors (Lipinski definition) is 1. The van der Waals surface area contributed by atoms with Crippen LogP contribution in [0.1, 0.15) is 27.3 Å². The van der Waals surface area contributed by atoms with E-state index < -0.39 is 0 Å². The number of nitrogens with one attached hydrogen (secondary N) is 1. The molecule has 0 aliphatic heterocycles. The highest BCUT2D eigenvalue weighted by Crippen LogP contribution is 2.17. The molecule has 1 N–H and O–H groups in total. The van der Waals surface area contributed by atoms with Crippen molar-refractivity contribution < 1.29 is 9.18 Å². The van der Waals surface area contributed by atoms with E-state index in [4.69, 9.17) is 0 Å². The first-order valence-electron chi connectivity index (χ1n) is 6.10. The standard InChI is InChI=1S/C15H17FN2O/c1-9-7-12(5-6-14(9)16)17-15(19)13-8-10(2)18(4)11(13)3/h5-8H,1-4H3,(H,17,19). The van der Waals surface area contributed by atoms with Crippen LogP contribution in [0, 0.1) is 26.6 Å². The molecule has 0 saturated heterocycles. The van der Waals surface area contributed by atoms with Crippen LogP contribution < -0.4 is 5.32 Å². The number of rotatable bonds is 2. The second kappa shape index (κ2) is 4.88. The first-order chi connectivity index (χ1) is 8.90. The molecule has 0 aliphatic carbocycles. The van der Waals surface area contributed by atoms with Crippen LogP contribution in [0.15, 0.2) is 24.3 Å². The van der Waals surface area contributed by atoms with E-state index in [9.17, 15) is 9.18 Å². The van der Waals surface area contributed by atoms with Crippen LogP contribution >= 0.6 is 0 Å². The Morgan fingerprint density at radius 1 is 1.21 bits per heavy atom. The second-order valence-corrected chi connectivity index (χ2v) is 4.76. The van der Waals surface area contributed by atoms with Gasteiger partial charge in [-0.05, 0) is 50.6 Å². The molecule has 0 atom stereocenters. The topological polar surface area (TPSA) is 34.0 Å². The van der Waals surface area contributed by atoms with Gasteiger partial charge in [-0.2, -0.15) is 0 Å². The monoisotopic (exact) mass is 260 g/mol. The van der Waals surface area contributed by atoms with Gasteiger partial charge in [0.1, 0.15) is 5.82 Å². The second-order valence-electron chi connectivity index (χ2n) is 4.76. The molecule has 19 heavy (non-hydrogen) atoms. The number of amides is 1. The number of benzene rings is 1. The Morgan fingerprint density at radius 2 is 1.89 bits per heavy atom. The fraction of sp³-hybridized carbons (Fsp3) is 0.267. The summed E-state index contributed by atoms with van der Waals surface area (Å²) in [4.78, 5) is 12.2. The lowest BCUT2D eigenvalue weighted by Crippen LogP contribution is -2.13. The van der Waals surface area contributed by atoms with Crippen molar-refractivity contribution in [2.24, 2.45) is 7.05 Å². The summed E-state index contributed by atoms with van der Waals surface area (Å²) < 4.78 is 15.1. The van der Waals surface area contributed by atoms with Crippen molar-refractivity contribution in [3.05, 3.63) is 52.6 Å². The molecule has 0 unspecified atom stereocenters. The van der Waals surface area contributed by atoms with E-state index in [-0.39, 0.29) is 11.7 Å². The van der Waals surface area contributed by atoms with E-state index in [1.54, 1.807) is 19.1 Å². The van der Waals surface area contributed by atoms with Crippen LogP contribution in [-0.4, -0.2) is 10.5 Å². The van der Waals surface area contributed by atoms with Gasteiger partial charge in [0.15, 0.2) is 0 Å².